The lowest BCUT2D eigenvalue weighted by Crippen LogP contribution is -1.90. The summed E-state index contributed by atoms with van der Waals surface area (Å²) in [6.45, 7) is 1.77. The molecule has 0 unspecified atom stereocenters. The van der Waals surface area contributed by atoms with E-state index in [9.17, 15) is 10.1 Å². The zero-order chi connectivity index (χ0) is 11.7. The van der Waals surface area contributed by atoms with Gasteiger partial charge in [0.25, 0.3) is 5.69 Å². The van der Waals surface area contributed by atoms with Crippen molar-refractivity contribution in [3.8, 4) is 11.3 Å². The van der Waals surface area contributed by atoms with Gasteiger partial charge in [-0.3, -0.25) is 10.1 Å². The molecule has 2 N–H and O–H groups in total. The maximum atomic E-state index is 10.6. The monoisotopic (exact) mass is 219 g/mol. The number of nitro benzene ring substituents is 1. The Labute approximate surface area is 90.8 Å². The second-order valence-electron chi connectivity index (χ2n) is 3.37. The second kappa shape index (κ2) is 3.65. The van der Waals surface area contributed by atoms with Crippen molar-refractivity contribution in [3.63, 3.8) is 0 Å². The number of non-ortho nitro benzene ring substituents is 1. The minimum atomic E-state index is -0.437. The molecule has 1 aromatic heterocycles. The van der Waals surface area contributed by atoms with E-state index in [0.717, 1.165) is 11.1 Å². The van der Waals surface area contributed by atoms with Crippen molar-refractivity contribution in [3.05, 3.63) is 39.9 Å². The fraction of sp³-hybridized carbons (Fsp3) is 0.100. The number of nitro groups is 1. The van der Waals surface area contributed by atoms with Crippen LogP contribution in [0.3, 0.4) is 0 Å². The smallest absolute Gasteiger partial charge is 0.269 e. The normalized spacial score (nSPS) is 10.3. The molecular weight excluding hydrogens is 210 g/mol. The van der Waals surface area contributed by atoms with E-state index < -0.39 is 4.92 Å². The molecule has 1 heterocycles. The lowest BCUT2D eigenvalue weighted by atomic mass is 10.1. The summed E-state index contributed by atoms with van der Waals surface area (Å²) in [6, 6.07) is 6.12. The van der Waals surface area contributed by atoms with Crippen molar-refractivity contribution in [1.82, 2.24) is 5.16 Å². The Morgan fingerprint density at radius 2 is 2.19 bits per heavy atom. The number of aryl methyl sites for hydroxylation is 1. The minimum absolute atomic E-state index is 0.0534. The fourth-order valence-corrected chi connectivity index (χ4v) is 1.47. The van der Waals surface area contributed by atoms with Gasteiger partial charge >= 0.3 is 0 Å². The third-order valence-electron chi connectivity index (χ3n) is 2.23. The topological polar surface area (TPSA) is 95.2 Å². The van der Waals surface area contributed by atoms with Crippen LogP contribution >= 0.6 is 0 Å². The highest BCUT2D eigenvalue weighted by atomic mass is 16.6. The first-order chi connectivity index (χ1) is 7.58. The molecule has 0 atom stereocenters. The summed E-state index contributed by atoms with van der Waals surface area (Å²) in [5.41, 5.74) is 7.56. The highest BCUT2D eigenvalue weighted by Crippen LogP contribution is 2.26. The van der Waals surface area contributed by atoms with Crippen LogP contribution in [0.25, 0.3) is 11.3 Å². The number of nitrogen functional groups attached to an aromatic ring is 1. The first kappa shape index (κ1) is 10.2. The fourth-order valence-electron chi connectivity index (χ4n) is 1.47. The summed E-state index contributed by atoms with van der Waals surface area (Å²) >= 11 is 0. The number of hydrogen-bond acceptors (Lipinski definition) is 5. The first-order valence-corrected chi connectivity index (χ1v) is 4.55. The van der Waals surface area contributed by atoms with Gasteiger partial charge in [0, 0.05) is 23.8 Å². The van der Waals surface area contributed by atoms with Crippen LogP contribution in [-0.2, 0) is 0 Å². The molecule has 0 fully saturated rings. The molecule has 6 heteroatoms. The highest BCUT2D eigenvalue weighted by Gasteiger charge is 2.11. The van der Waals surface area contributed by atoms with Crippen molar-refractivity contribution < 1.29 is 9.45 Å². The Balaban J connectivity index is 2.47. The molecule has 0 saturated carbocycles. The van der Waals surface area contributed by atoms with Crippen LogP contribution in [0.4, 0.5) is 11.6 Å². The molecule has 0 bridgehead atoms. The van der Waals surface area contributed by atoms with Gasteiger partial charge in [-0.05, 0) is 18.6 Å². The van der Waals surface area contributed by atoms with Crippen molar-refractivity contribution >= 4 is 11.6 Å². The van der Waals surface area contributed by atoms with Gasteiger partial charge in [0.05, 0.1) is 4.92 Å². The number of anilines is 1. The van der Waals surface area contributed by atoms with Gasteiger partial charge in [-0.15, -0.1) is 0 Å². The summed E-state index contributed by atoms with van der Waals surface area (Å²) in [6.07, 6.45) is 0. The van der Waals surface area contributed by atoms with E-state index in [1.807, 2.05) is 0 Å². The molecule has 16 heavy (non-hydrogen) atoms. The largest absolute Gasteiger partial charge is 0.368 e. The molecule has 0 aliphatic heterocycles. The zero-order valence-corrected chi connectivity index (χ0v) is 8.51. The summed E-state index contributed by atoms with van der Waals surface area (Å²) in [4.78, 5) is 10.1. The lowest BCUT2D eigenvalue weighted by molar-refractivity contribution is -0.384. The maximum absolute atomic E-state index is 10.6. The zero-order valence-electron chi connectivity index (χ0n) is 8.51. The first-order valence-electron chi connectivity index (χ1n) is 4.55. The quantitative estimate of drug-likeness (QED) is 0.616. The van der Waals surface area contributed by atoms with Crippen molar-refractivity contribution in [1.29, 1.82) is 0 Å². The standard InChI is InChI=1S/C10H9N3O3/c1-6-4-7(13(14)15)2-3-8(6)9-5-10(11)16-12-9/h2-5H,11H2,1H3. The molecule has 0 amide bonds. The van der Waals surface area contributed by atoms with E-state index >= 15 is 0 Å². The van der Waals surface area contributed by atoms with E-state index in [4.69, 9.17) is 10.3 Å². The molecular formula is C10H9N3O3. The van der Waals surface area contributed by atoms with Gasteiger partial charge in [-0.1, -0.05) is 5.16 Å². The van der Waals surface area contributed by atoms with Crippen LogP contribution in [-0.4, -0.2) is 10.1 Å². The molecule has 2 aromatic rings. The average molecular weight is 219 g/mol. The molecule has 0 spiro atoms. The number of benzene rings is 1. The van der Waals surface area contributed by atoms with Gasteiger partial charge in [0.15, 0.2) is 0 Å². The molecule has 82 valence electrons. The van der Waals surface area contributed by atoms with Crippen molar-refractivity contribution in [2.24, 2.45) is 0 Å². The molecule has 0 aliphatic carbocycles. The Bertz CT molecular complexity index is 548. The Morgan fingerprint density at radius 3 is 2.69 bits per heavy atom. The third-order valence-corrected chi connectivity index (χ3v) is 2.23. The SMILES string of the molecule is Cc1cc([N+](=O)[O-])ccc1-c1cc(N)on1. The van der Waals surface area contributed by atoms with Gasteiger partial charge in [-0.25, -0.2) is 0 Å². The minimum Gasteiger partial charge on any atom is -0.368 e. The van der Waals surface area contributed by atoms with Crippen molar-refractivity contribution in [2.75, 3.05) is 5.73 Å². The maximum Gasteiger partial charge on any atom is 0.269 e. The molecule has 1 aromatic carbocycles. The molecule has 0 radical (unpaired) electrons. The van der Waals surface area contributed by atoms with E-state index in [-0.39, 0.29) is 11.6 Å². The number of aromatic nitrogens is 1. The Kier molecular flexibility index (Phi) is 2.32. The van der Waals surface area contributed by atoms with Crippen LogP contribution in [0.2, 0.25) is 0 Å². The molecule has 0 saturated heterocycles. The van der Waals surface area contributed by atoms with E-state index in [1.54, 1.807) is 19.1 Å². The number of rotatable bonds is 2. The summed E-state index contributed by atoms with van der Waals surface area (Å²) in [7, 11) is 0. The average Bonchev–Trinajstić information content (AvgIpc) is 2.64. The predicted molar refractivity (Wildman–Crippen MR) is 57.7 cm³/mol. The number of nitrogens with zero attached hydrogens (tertiary/aromatic N) is 2. The van der Waals surface area contributed by atoms with Crippen LogP contribution in [0, 0.1) is 17.0 Å². The van der Waals surface area contributed by atoms with E-state index in [1.165, 1.54) is 12.1 Å². The van der Waals surface area contributed by atoms with Gasteiger partial charge < -0.3 is 10.3 Å². The van der Waals surface area contributed by atoms with E-state index in [0.29, 0.717) is 5.69 Å². The molecule has 0 aliphatic rings. The Hall–Kier alpha value is -2.37. The number of nitrogens with two attached hydrogens (primary N) is 1. The van der Waals surface area contributed by atoms with Crippen LogP contribution in [0.15, 0.2) is 28.8 Å². The molecule has 2 rings (SSSR count). The van der Waals surface area contributed by atoms with E-state index in [2.05, 4.69) is 5.16 Å². The second-order valence-corrected chi connectivity index (χ2v) is 3.37. The van der Waals surface area contributed by atoms with Crippen LogP contribution in [0.1, 0.15) is 5.56 Å². The Morgan fingerprint density at radius 1 is 1.44 bits per heavy atom. The highest BCUT2D eigenvalue weighted by molar-refractivity contribution is 5.66. The van der Waals surface area contributed by atoms with Gasteiger partial charge in [0.2, 0.25) is 5.88 Å². The predicted octanol–water partition coefficient (Wildman–Crippen LogP) is 2.14. The lowest BCUT2D eigenvalue weighted by Gasteiger charge is -2.00. The summed E-state index contributed by atoms with van der Waals surface area (Å²) in [5.74, 6) is 0.216. The summed E-state index contributed by atoms with van der Waals surface area (Å²) < 4.78 is 4.75. The summed E-state index contributed by atoms with van der Waals surface area (Å²) in [5, 5.41) is 14.3. The number of hydrogen-bond donors (Lipinski definition) is 1. The van der Waals surface area contributed by atoms with Crippen molar-refractivity contribution in [2.45, 2.75) is 6.92 Å². The van der Waals surface area contributed by atoms with Crippen LogP contribution < -0.4 is 5.73 Å². The third kappa shape index (κ3) is 1.72. The molecule has 6 nitrogen and oxygen atoms in total. The van der Waals surface area contributed by atoms with Gasteiger partial charge in [-0.2, -0.15) is 0 Å². The van der Waals surface area contributed by atoms with Crippen LogP contribution in [0.5, 0.6) is 0 Å². The van der Waals surface area contributed by atoms with Gasteiger partial charge in [0.1, 0.15) is 5.69 Å².